The molecule has 0 N–H and O–H groups in total. The first-order valence-corrected chi connectivity index (χ1v) is 11.3. The first-order valence-electron chi connectivity index (χ1n) is 9.61. The van der Waals surface area contributed by atoms with Crippen molar-refractivity contribution < 1.29 is 9.47 Å². The van der Waals surface area contributed by atoms with Crippen molar-refractivity contribution >= 4 is 45.9 Å². The van der Waals surface area contributed by atoms with Crippen LogP contribution in [0.25, 0.3) is 23.2 Å². The van der Waals surface area contributed by atoms with Crippen molar-refractivity contribution in [3.63, 3.8) is 0 Å². The highest BCUT2D eigenvalue weighted by Gasteiger charge is 2.10. The summed E-state index contributed by atoms with van der Waals surface area (Å²) in [5.41, 5.74) is 0.676. The van der Waals surface area contributed by atoms with E-state index in [2.05, 4.69) is 17.0 Å². The fourth-order valence-electron chi connectivity index (χ4n) is 2.83. The predicted octanol–water partition coefficient (Wildman–Crippen LogP) is 4.12. The molecule has 8 heteroatoms. The van der Waals surface area contributed by atoms with Gasteiger partial charge >= 0.3 is 0 Å². The van der Waals surface area contributed by atoms with Gasteiger partial charge in [0.2, 0.25) is 4.96 Å². The van der Waals surface area contributed by atoms with Crippen LogP contribution in [-0.2, 0) is 0 Å². The summed E-state index contributed by atoms with van der Waals surface area (Å²) in [6, 6.07) is 9.65. The van der Waals surface area contributed by atoms with E-state index in [1.165, 1.54) is 15.9 Å². The minimum Gasteiger partial charge on any atom is -0.493 e. The van der Waals surface area contributed by atoms with Gasteiger partial charge in [-0.15, -0.1) is 16.4 Å². The van der Waals surface area contributed by atoms with E-state index in [9.17, 15) is 4.79 Å². The van der Waals surface area contributed by atoms with Crippen LogP contribution in [0.1, 0.15) is 36.0 Å². The summed E-state index contributed by atoms with van der Waals surface area (Å²) < 4.78 is 13.1. The molecule has 4 rings (SSSR count). The summed E-state index contributed by atoms with van der Waals surface area (Å²) in [5, 5.41) is 6.33. The highest BCUT2D eigenvalue weighted by Crippen LogP contribution is 2.28. The van der Waals surface area contributed by atoms with Crippen LogP contribution in [-0.4, -0.2) is 28.3 Å². The van der Waals surface area contributed by atoms with E-state index in [4.69, 9.17) is 9.47 Å². The second-order valence-corrected chi connectivity index (χ2v) is 8.53. The van der Waals surface area contributed by atoms with Crippen LogP contribution in [0.15, 0.2) is 40.5 Å². The average molecular weight is 440 g/mol. The van der Waals surface area contributed by atoms with Gasteiger partial charge in [0.1, 0.15) is 0 Å². The summed E-state index contributed by atoms with van der Waals surface area (Å²) in [5.74, 6) is 1.87. The first kappa shape index (κ1) is 20.3. The molecule has 1 aromatic carbocycles. The maximum Gasteiger partial charge on any atom is 0.291 e. The third kappa shape index (κ3) is 4.44. The number of unbranched alkanes of at least 4 members (excludes halogenated alkanes) is 1. The molecule has 0 bridgehead atoms. The summed E-state index contributed by atoms with van der Waals surface area (Å²) in [4.78, 5) is 18.9. The second-order valence-electron chi connectivity index (χ2n) is 6.54. The van der Waals surface area contributed by atoms with Gasteiger partial charge < -0.3 is 9.47 Å². The van der Waals surface area contributed by atoms with Crippen LogP contribution >= 0.6 is 22.7 Å². The van der Waals surface area contributed by atoms with Gasteiger partial charge in [0.15, 0.2) is 17.3 Å². The van der Waals surface area contributed by atoms with Gasteiger partial charge in [0.05, 0.1) is 18.2 Å². The van der Waals surface area contributed by atoms with Crippen LogP contribution < -0.4 is 19.6 Å². The van der Waals surface area contributed by atoms with Crippen LogP contribution in [0.3, 0.4) is 0 Å². The van der Waals surface area contributed by atoms with Gasteiger partial charge in [-0.25, -0.2) is 0 Å². The van der Waals surface area contributed by atoms with E-state index in [0.29, 0.717) is 33.4 Å². The fourth-order valence-corrected chi connectivity index (χ4v) is 4.37. The average Bonchev–Trinajstić information content (AvgIpc) is 3.47. The number of aromatic nitrogens is 3. The Hall–Kier alpha value is -2.97. The Kier molecular flexibility index (Phi) is 6.25. The van der Waals surface area contributed by atoms with Crippen LogP contribution in [0.2, 0.25) is 0 Å². The number of nitrogens with zero attached hydrogens (tertiary/aromatic N) is 3. The largest absolute Gasteiger partial charge is 0.493 e. The number of rotatable bonds is 8. The molecular formula is C22H21N3O3S2. The van der Waals surface area contributed by atoms with Crippen molar-refractivity contribution in [2.24, 2.45) is 0 Å². The Labute approximate surface area is 181 Å². The van der Waals surface area contributed by atoms with Gasteiger partial charge in [-0.1, -0.05) is 36.8 Å². The second kappa shape index (κ2) is 9.23. The molecule has 0 atom stereocenters. The van der Waals surface area contributed by atoms with Gasteiger partial charge in [-0.05, 0) is 53.8 Å². The molecule has 0 radical (unpaired) electrons. The molecule has 0 aliphatic rings. The van der Waals surface area contributed by atoms with E-state index >= 15 is 0 Å². The first-order chi connectivity index (χ1) is 14.7. The van der Waals surface area contributed by atoms with E-state index in [1.807, 2.05) is 53.9 Å². The molecule has 0 saturated heterocycles. The highest BCUT2D eigenvalue weighted by atomic mass is 32.1. The molecule has 6 nitrogen and oxygen atoms in total. The highest BCUT2D eigenvalue weighted by molar-refractivity contribution is 7.15. The number of hydrogen-bond donors (Lipinski definition) is 0. The van der Waals surface area contributed by atoms with Crippen molar-refractivity contribution in [3.8, 4) is 11.5 Å². The van der Waals surface area contributed by atoms with Crippen molar-refractivity contribution in [2.75, 3.05) is 13.7 Å². The zero-order chi connectivity index (χ0) is 20.9. The van der Waals surface area contributed by atoms with E-state index in [1.54, 1.807) is 18.4 Å². The van der Waals surface area contributed by atoms with Gasteiger partial charge in [-0.3, -0.25) is 4.79 Å². The van der Waals surface area contributed by atoms with Gasteiger partial charge in [-0.2, -0.15) is 9.50 Å². The van der Waals surface area contributed by atoms with Crippen molar-refractivity contribution in [2.45, 2.75) is 19.8 Å². The summed E-state index contributed by atoms with van der Waals surface area (Å²) in [6.45, 7) is 2.77. The smallest absolute Gasteiger partial charge is 0.291 e. The maximum absolute atomic E-state index is 12.7. The van der Waals surface area contributed by atoms with Gasteiger partial charge in [0.25, 0.3) is 5.56 Å². The third-order valence-corrected chi connectivity index (χ3v) is 6.18. The van der Waals surface area contributed by atoms with Crippen molar-refractivity contribution in [1.29, 1.82) is 0 Å². The zero-order valence-corrected chi connectivity index (χ0v) is 18.3. The molecule has 0 unspecified atom stereocenters. The van der Waals surface area contributed by atoms with E-state index in [-0.39, 0.29) is 5.56 Å². The number of benzene rings is 1. The SMILES string of the molecule is CCCCOc1ccc(/C=c2/sc3nc(/C=C/c4cccs4)nn3c2=O)cc1OC. The molecule has 0 aliphatic heterocycles. The molecule has 0 saturated carbocycles. The Morgan fingerprint density at radius 3 is 2.83 bits per heavy atom. The van der Waals surface area contributed by atoms with Crippen molar-refractivity contribution in [3.05, 3.63) is 66.9 Å². The maximum atomic E-state index is 12.7. The minimum atomic E-state index is -0.180. The lowest BCUT2D eigenvalue weighted by atomic mass is 10.2. The lowest BCUT2D eigenvalue weighted by Crippen LogP contribution is -2.23. The molecule has 0 spiro atoms. The molecule has 0 amide bonds. The Bertz CT molecular complexity index is 1270. The van der Waals surface area contributed by atoms with Gasteiger partial charge in [0, 0.05) is 4.88 Å². The monoisotopic (exact) mass is 439 g/mol. The lowest BCUT2D eigenvalue weighted by molar-refractivity contribution is 0.288. The van der Waals surface area contributed by atoms with Crippen LogP contribution in [0.5, 0.6) is 11.5 Å². The number of thiazole rings is 1. The molecule has 30 heavy (non-hydrogen) atoms. The normalized spacial score (nSPS) is 12.3. The standard InChI is InChI=1S/C22H21N3O3S2/c1-3-4-11-28-17-9-7-15(13-18(17)27-2)14-19-21(26)25-22(30-19)23-20(24-25)10-8-16-6-5-12-29-16/h5-10,12-14H,3-4,11H2,1-2H3/b10-8+,19-14+. The summed E-state index contributed by atoms with van der Waals surface area (Å²) >= 11 is 2.95. The number of hydrogen-bond acceptors (Lipinski definition) is 7. The third-order valence-electron chi connectivity index (χ3n) is 4.38. The number of thiophene rings is 1. The molecule has 3 heterocycles. The van der Waals surface area contributed by atoms with Crippen LogP contribution in [0.4, 0.5) is 0 Å². The lowest BCUT2D eigenvalue weighted by Gasteiger charge is -2.10. The summed E-state index contributed by atoms with van der Waals surface area (Å²) in [7, 11) is 1.61. The number of ether oxygens (including phenoxy) is 2. The minimum absolute atomic E-state index is 0.180. The number of fused-ring (bicyclic) bond motifs is 1. The Balaban J connectivity index is 1.60. The Morgan fingerprint density at radius 1 is 1.20 bits per heavy atom. The molecular weight excluding hydrogens is 418 g/mol. The van der Waals surface area contributed by atoms with Crippen molar-refractivity contribution in [1.82, 2.24) is 14.6 Å². The predicted molar refractivity (Wildman–Crippen MR) is 123 cm³/mol. The van der Waals surface area contributed by atoms with E-state index in [0.717, 1.165) is 23.3 Å². The number of methoxy groups -OCH3 is 1. The molecule has 3 aromatic heterocycles. The molecule has 0 aliphatic carbocycles. The quantitative estimate of drug-likeness (QED) is 0.387. The molecule has 154 valence electrons. The van der Waals surface area contributed by atoms with Crippen LogP contribution in [0, 0.1) is 0 Å². The van der Waals surface area contributed by atoms with E-state index < -0.39 is 0 Å². The fraction of sp³-hybridized carbons (Fsp3) is 0.227. The molecule has 4 aromatic rings. The Morgan fingerprint density at radius 2 is 2.10 bits per heavy atom. The zero-order valence-electron chi connectivity index (χ0n) is 16.7. The topological polar surface area (TPSA) is 65.7 Å². The summed E-state index contributed by atoms with van der Waals surface area (Å²) in [6.07, 6.45) is 7.64. The molecule has 0 fully saturated rings.